The lowest BCUT2D eigenvalue weighted by Crippen LogP contribution is -2.27. The van der Waals surface area contributed by atoms with Crippen LogP contribution >= 0.6 is 11.3 Å². The maximum absolute atomic E-state index is 12.4. The number of nitrogens with zero attached hydrogens (tertiary/aromatic N) is 1. The average molecular weight is 297 g/mol. The highest BCUT2D eigenvalue weighted by atomic mass is 32.1. The van der Waals surface area contributed by atoms with Gasteiger partial charge in [-0.15, -0.1) is 11.3 Å². The van der Waals surface area contributed by atoms with Crippen LogP contribution in [0, 0.1) is 0 Å². The Hall–Kier alpha value is -0.870. The number of carbonyl (C=O) groups excluding carboxylic acids is 1. The van der Waals surface area contributed by atoms with Crippen molar-refractivity contribution in [1.82, 2.24) is 4.90 Å². The number of hydrogen-bond donors (Lipinski definition) is 1. The molecule has 4 heteroatoms. The summed E-state index contributed by atoms with van der Waals surface area (Å²) in [5, 5.41) is 8.75. The second kappa shape index (κ2) is 9.14. The molecule has 0 radical (unpaired) electrons. The number of unbranched alkanes of at least 4 members (excludes halogenated alkanes) is 2. The highest BCUT2D eigenvalue weighted by Crippen LogP contribution is 2.25. The van der Waals surface area contributed by atoms with Gasteiger partial charge in [0.25, 0.3) is 5.91 Å². The van der Waals surface area contributed by atoms with Crippen molar-refractivity contribution in [2.75, 3.05) is 20.2 Å². The topological polar surface area (TPSA) is 40.5 Å². The fourth-order valence-electron chi connectivity index (χ4n) is 2.24. The molecule has 0 saturated carbocycles. The summed E-state index contributed by atoms with van der Waals surface area (Å²) < 4.78 is 0. The lowest BCUT2D eigenvalue weighted by molar-refractivity contribution is 0.0797. The molecule has 0 spiro atoms. The van der Waals surface area contributed by atoms with Gasteiger partial charge < -0.3 is 10.0 Å². The largest absolute Gasteiger partial charge is 0.396 e. The molecule has 1 rings (SSSR count). The van der Waals surface area contributed by atoms with E-state index in [4.69, 9.17) is 5.11 Å². The van der Waals surface area contributed by atoms with E-state index >= 15 is 0 Å². The van der Waals surface area contributed by atoms with Gasteiger partial charge in [-0.05, 0) is 43.7 Å². The van der Waals surface area contributed by atoms with Gasteiger partial charge in [0.1, 0.15) is 0 Å². The van der Waals surface area contributed by atoms with Crippen molar-refractivity contribution in [3.05, 3.63) is 21.4 Å². The Bertz CT molecular complexity index is 415. The first-order valence-corrected chi connectivity index (χ1v) is 8.43. The fraction of sp³-hybridized carbons (Fsp3) is 0.688. The second-order valence-electron chi connectivity index (χ2n) is 5.17. The Balaban J connectivity index is 2.61. The SMILES string of the molecule is CCCc1sc(C(=O)N(C)CCCCCO)cc1CC. The maximum atomic E-state index is 12.4. The van der Waals surface area contributed by atoms with Crippen molar-refractivity contribution in [3.8, 4) is 0 Å². The lowest BCUT2D eigenvalue weighted by atomic mass is 10.1. The van der Waals surface area contributed by atoms with Crippen LogP contribution in [0.2, 0.25) is 0 Å². The number of aliphatic hydroxyl groups is 1. The molecule has 0 atom stereocenters. The van der Waals surface area contributed by atoms with Gasteiger partial charge in [0.05, 0.1) is 4.88 Å². The van der Waals surface area contributed by atoms with Crippen LogP contribution in [0.1, 0.15) is 59.6 Å². The predicted molar refractivity (Wildman–Crippen MR) is 85.6 cm³/mol. The van der Waals surface area contributed by atoms with Crippen molar-refractivity contribution in [2.24, 2.45) is 0 Å². The molecule has 0 bridgehead atoms. The molecule has 0 unspecified atom stereocenters. The van der Waals surface area contributed by atoms with Crippen LogP contribution in [0.15, 0.2) is 6.07 Å². The summed E-state index contributed by atoms with van der Waals surface area (Å²) in [5.41, 5.74) is 1.33. The summed E-state index contributed by atoms with van der Waals surface area (Å²) in [5.74, 6) is 0.135. The number of aryl methyl sites for hydroxylation is 2. The third kappa shape index (κ3) is 4.91. The Morgan fingerprint density at radius 1 is 1.30 bits per heavy atom. The Kier molecular flexibility index (Phi) is 7.85. The zero-order valence-corrected chi connectivity index (χ0v) is 13.8. The number of aliphatic hydroxyl groups excluding tert-OH is 1. The molecule has 1 heterocycles. The minimum absolute atomic E-state index is 0.135. The zero-order chi connectivity index (χ0) is 15.0. The molecule has 1 aromatic rings. The molecule has 0 aliphatic carbocycles. The van der Waals surface area contributed by atoms with E-state index in [0.29, 0.717) is 0 Å². The molecule has 0 aliphatic heterocycles. The van der Waals surface area contributed by atoms with E-state index in [0.717, 1.165) is 49.9 Å². The molecule has 0 fully saturated rings. The quantitative estimate of drug-likeness (QED) is 0.709. The Morgan fingerprint density at radius 3 is 2.65 bits per heavy atom. The molecule has 20 heavy (non-hydrogen) atoms. The molecule has 0 aromatic carbocycles. The molecule has 1 aromatic heterocycles. The molecule has 1 N–H and O–H groups in total. The smallest absolute Gasteiger partial charge is 0.263 e. The lowest BCUT2D eigenvalue weighted by Gasteiger charge is -2.15. The monoisotopic (exact) mass is 297 g/mol. The fourth-order valence-corrected chi connectivity index (χ4v) is 3.59. The van der Waals surface area contributed by atoms with Crippen LogP contribution in [-0.4, -0.2) is 36.1 Å². The van der Waals surface area contributed by atoms with Crippen LogP contribution in [0.25, 0.3) is 0 Å². The summed E-state index contributed by atoms with van der Waals surface area (Å²) in [7, 11) is 1.87. The normalized spacial score (nSPS) is 10.8. The zero-order valence-electron chi connectivity index (χ0n) is 12.9. The summed E-state index contributed by atoms with van der Waals surface area (Å²) in [6.07, 6.45) is 5.94. The van der Waals surface area contributed by atoms with E-state index in [1.807, 2.05) is 7.05 Å². The standard InChI is InChI=1S/C16H27NO2S/c1-4-9-14-13(5-2)12-15(20-14)16(19)17(3)10-7-6-8-11-18/h12,18H,4-11H2,1-3H3. The van der Waals surface area contributed by atoms with Crippen molar-refractivity contribution >= 4 is 17.2 Å². The summed E-state index contributed by atoms with van der Waals surface area (Å²) in [6, 6.07) is 2.07. The first-order valence-electron chi connectivity index (χ1n) is 7.61. The molecular weight excluding hydrogens is 270 g/mol. The van der Waals surface area contributed by atoms with E-state index in [-0.39, 0.29) is 12.5 Å². The summed E-state index contributed by atoms with van der Waals surface area (Å²) in [6.45, 7) is 5.33. The summed E-state index contributed by atoms with van der Waals surface area (Å²) >= 11 is 1.66. The van der Waals surface area contributed by atoms with E-state index < -0.39 is 0 Å². The van der Waals surface area contributed by atoms with E-state index in [1.54, 1.807) is 16.2 Å². The van der Waals surface area contributed by atoms with E-state index in [2.05, 4.69) is 19.9 Å². The Labute approximate surface area is 126 Å². The van der Waals surface area contributed by atoms with Crippen LogP contribution < -0.4 is 0 Å². The third-order valence-corrected chi connectivity index (χ3v) is 4.69. The summed E-state index contributed by atoms with van der Waals surface area (Å²) in [4.78, 5) is 16.4. The maximum Gasteiger partial charge on any atom is 0.263 e. The first-order chi connectivity index (χ1) is 9.63. The molecule has 114 valence electrons. The van der Waals surface area contributed by atoms with Gasteiger partial charge in [-0.2, -0.15) is 0 Å². The number of thiophene rings is 1. The van der Waals surface area contributed by atoms with Crippen LogP contribution in [0.3, 0.4) is 0 Å². The minimum Gasteiger partial charge on any atom is -0.396 e. The van der Waals surface area contributed by atoms with Crippen molar-refractivity contribution < 1.29 is 9.90 Å². The number of amides is 1. The van der Waals surface area contributed by atoms with Gasteiger partial charge in [-0.1, -0.05) is 20.3 Å². The molecule has 3 nitrogen and oxygen atoms in total. The molecule has 0 saturated heterocycles. The second-order valence-corrected chi connectivity index (χ2v) is 6.31. The number of hydrogen-bond acceptors (Lipinski definition) is 3. The van der Waals surface area contributed by atoms with E-state index in [1.165, 1.54) is 10.4 Å². The van der Waals surface area contributed by atoms with Crippen LogP contribution in [0.5, 0.6) is 0 Å². The third-order valence-electron chi connectivity index (χ3n) is 3.46. The van der Waals surface area contributed by atoms with Crippen molar-refractivity contribution in [3.63, 3.8) is 0 Å². The van der Waals surface area contributed by atoms with Crippen molar-refractivity contribution in [1.29, 1.82) is 0 Å². The van der Waals surface area contributed by atoms with Gasteiger partial charge in [-0.3, -0.25) is 4.79 Å². The highest BCUT2D eigenvalue weighted by Gasteiger charge is 2.16. The highest BCUT2D eigenvalue weighted by molar-refractivity contribution is 7.14. The van der Waals surface area contributed by atoms with Crippen molar-refractivity contribution in [2.45, 2.75) is 52.4 Å². The minimum atomic E-state index is 0.135. The first kappa shape index (κ1) is 17.2. The average Bonchev–Trinajstić information content (AvgIpc) is 2.86. The van der Waals surface area contributed by atoms with Gasteiger partial charge in [0.15, 0.2) is 0 Å². The number of carbonyl (C=O) groups is 1. The molecule has 0 aliphatic rings. The van der Waals surface area contributed by atoms with Gasteiger partial charge >= 0.3 is 0 Å². The van der Waals surface area contributed by atoms with Gasteiger partial charge in [0, 0.05) is 25.1 Å². The Morgan fingerprint density at radius 2 is 2.05 bits per heavy atom. The molecular formula is C16H27NO2S. The predicted octanol–water partition coefficient (Wildman–Crippen LogP) is 3.50. The van der Waals surface area contributed by atoms with Crippen LogP contribution in [-0.2, 0) is 12.8 Å². The van der Waals surface area contributed by atoms with E-state index in [9.17, 15) is 4.79 Å². The molecule has 1 amide bonds. The van der Waals surface area contributed by atoms with Crippen LogP contribution in [0.4, 0.5) is 0 Å². The number of rotatable bonds is 9. The van der Waals surface area contributed by atoms with Gasteiger partial charge in [-0.25, -0.2) is 0 Å². The van der Waals surface area contributed by atoms with Gasteiger partial charge in [0.2, 0.25) is 0 Å².